The van der Waals surface area contributed by atoms with Gasteiger partial charge >= 0.3 is 0 Å². The van der Waals surface area contributed by atoms with E-state index in [4.69, 9.17) is 5.73 Å². The van der Waals surface area contributed by atoms with Crippen molar-refractivity contribution in [1.29, 1.82) is 0 Å². The number of nitrogens with two attached hydrogens (primary N) is 1. The van der Waals surface area contributed by atoms with Gasteiger partial charge in [-0.2, -0.15) is 0 Å². The molecule has 2 N–H and O–H groups in total. The fourth-order valence-corrected chi connectivity index (χ4v) is 1.05. The lowest BCUT2D eigenvalue weighted by molar-refractivity contribution is 0.628. The highest BCUT2D eigenvalue weighted by Gasteiger charge is 1.96. The summed E-state index contributed by atoms with van der Waals surface area (Å²) in [6.45, 7) is 0. The summed E-state index contributed by atoms with van der Waals surface area (Å²) in [7, 11) is 0. The molecule has 1 nitrogen and oxygen atoms in total. The molecule has 1 aromatic carbocycles. The number of nitrogen functional groups attached to an aromatic ring is 1. The van der Waals surface area contributed by atoms with Crippen LogP contribution in [0.2, 0.25) is 0 Å². The molecule has 0 fully saturated rings. The molecule has 13 heavy (non-hydrogen) atoms. The van der Waals surface area contributed by atoms with Crippen LogP contribution in [0.4, 0.5) is 10.1 Å². The molecule has 68 valence electrons. The van der Waals surface area contributed by atoms with Crippen molar-refractivity contribution in [3.63, 3.8) is 0 Å². The van der Waals surface area contributed by atoms with Crippen LogP contribution in [0.25, 0.3) is 0 Å². The van der Waals surface area contributed by atoms with Crippen LogP contribution in [0.3, 0.4) is 0 Å². The number of alkyl halides is 1. The average Bonchev–Trinajstić information content (AvgIpc) is 2.09. The van der Waals surface area contributed by atoms with Gasteiger partial charge in [-0.05, 0) is 18.2 Å². The second-order valence-corrected chi connectivity index (χ2v) is 3.27. The molecule has 1 rings (SSSR count). The van der Waals surface area contributed by atoms with Crippen LogP contribution < -0.4 is 5.73 Å². The molecule has 0 atom stereocenters. The first-order chi connectivity index (χ1) is 6.24. The Balaban J connectivity index is 2.85. The Morgan fingerprint density at radius 1 is 1.46 bits per heavy atom. The Morgan fingerprint density at radius 3 is 2.85 bits per heavy atom. The van der Waals surface area contributed by atoms with Gasteiger partial charge in [-0.1, -0.05) is 27.8 Å². The van der Waals surface area contributed by atoms with Gasteiger partial charge in [-0.3, -0.25) is 0 Å². The highest BCUT2D eigenvalue weighted by Crippen LogP contribution is 2.11. The summed E-state index contributed by atoms with van der Waals surface area (Å²) < 4.78 is 12.6. The van der Waals surface area contributed by atoms with Crippen molar-refractivity contribution >= 4 is 21.6 Å². The molecule has 0 bridgehead atoms. The molecule has 0 heterocycles. The fraction of sp³-hybridized carbons (Fsp3) is 0.200. The third-order valence-corrected chi connectivity index (χ3v) is 1.85. The molecular weight excluding hydrogens is 233 g/mol. The minimum atomic E-state index is -0.330. The normalized spacial score (nSPS) is 9.08. The van der Waals surface area contributed by atoms with Crippen LogP contribution in [0.1, 0.15) is 12.0 Å². The van der Waals surface area contributed by atoms with Crippen LogP contribution in [0.15, 0.2) is 18.2 Å². The molecule has 0 aliphatic heterocycles. The Morgan fingerprint density at radius 2 is 2.23 bits per heavy atom. The third kappa shape index (κ3) is 3.08. The van der Waals surface area contributed by atoms with Crippen LogP contribution in [0, 0.1) is 17.7 Å². The lowest BCUT2D eigenvalue weighted by Crippen LogP contribution is -1.90. The van der Waals surface area contributed by atoms with E-state index >= 15 is 0 Å². The standard InChI is InChI=1S/C10H9BrFN/c11-6-2-1-3-8-4-5-9(12)7-10(8)13/h4-5,7H,2,6,13H2. The average molecular weight is 242 g/mol. The van der Waals surface area contributed by atoms with Crippen molar-refractivity contribution < 1.29 is 4.39 Å². The third-order valence-electron chi connectivity index (χ3n) is 1.46. The molecular formula is C10H9BrFN. The first kappa shape index (κ1) is 10.1. The van der Waals surface area contributed by atoms with Gasteiger partial charge in [0.1, 0.15) is 5.82 Å². The summed E-state index contributed by atoms with van der Waals surface area (Å²) in [6, 6.07) is 4.22. The zero-order valence-corrected chi connectivity index (χ0v) is 8.57. The first-order valence-corrected chi connectivity index (χ1v) is 4.96. The minimum absolute atomic E-state index is 0.330. The molecule has 0 amide bonds. The minimum Gasteiger partial charge on any atom is -0.398 e. The highest BCUT2D eigenvalue weighted by atomic mass is 79.9. The number of hydrogen-bond donors (Lipinski definition) is 1. The van der Waals surface area contributed by atoms with Crippen molar-refractivity contribution in [1.82, 2.24) is 0 Å². The SMILES string of the molecule is Nc1cc(F)ccc1C#CCCBr. The number of rotatable bonds is 1. The first-order valence-electron chi connectivity index (χ1n) is 3.84. The Labute approximate surface area is 85.3 Å². The van der Waals surface area contributed by atoms with E-state index in [-0.39, 0.29) is 5.82 Å². The highest BCUT2D eigenvalue weighted by molar-refractivity contribution is 9.09. The van der Waals surface area contributed by atoms with Crippen LogP contribution >= 0.6 is 15.9 Å². The summed E-state index contributed by atoms with van der Waals surface area (Å²) in [5.74, 6) is 5.45. The van der Waals surface area contributed by atoms with Gasteiger partial charge in [0, 0.05) is 17.3 Å². The van der Waals surface area contributed by atoms with Crippen molar-refractivity contribution in [2.45, 2.75) is 6.42 Å². The smallest absolute Gasteiger partial charge is 0.125 e. The molecule has 0 radical (unpaired) electrons. The van der Waals surface area contributed by atoms with E-state index in [0.29, 0.717) is 11.3 Å². The van der Waals surface area contributed by atoms with E-state index in [9.17, 15) is 4.39 Å². The van der Waals surface area contributed by atoms with E-state index in [0.717, 1.165) is 11.8 Å². The summed E-state index contributed by atoms with van der Waals surface area (Å²) in [4.78, 5) is 0. The van der Waals surface area contributed by atoms with Crippen molar-refractivity contribution in [3.8, 4) is 11.8 Å². The maximum atomic E-state index is 12.6. The maximum Gasteiger partial charge on any atom is 0.125 e. The predicted octanol–water partition coefficient (Wildman–Crippen LogP) is 2.54. The second-order valence-electron chi connectivity index (χ2n) is 2.47. The van der Waals surface area contributed by atoms with Crippen LogP contribution in [0.5, 0.6) is 0 Å². The quantitative estimate of drug-likeness (QED) is 0.457. The lowest BCUT2D eigenvalue weighted by atomic mass is 10.2. The van der Waals surface area contributed by atoms with E-state index in [1.807, 2.05) is 0 Å². The Kier molecular flexibility index (Phi) is 3.78. The summed E-state index contributed by atoms with van der Waals surface area (Å²) in [6.07, 6.45) is 0.761. The number of benzene rings is 1. The molecule has 0 aliphatic rings. The molecule has 0 saturated heterocycles. The fourth-order valence-electron chi connectivity index (χ4n) is 0.852. The zero-order valence-electron chi connectivity index (χ0n) is 6.98. The largest absolute Gasteiger partial charge is 0.398 e. The maximum absolute atomic E-state index is 12.6. The number of anilines is 1. The second kappa shape index (κ2) is 4.88. The van der Waals surface area contributed by atoms with Crippen LogP contribution in [-0.4, -0.2) is 5.33 Å². The number of hydrogen-bond acceptors (Lipinski definition) is 1. The molecule has 0 saturated carbocycles. The summed E-state index contributed by atoms with van der Waals surface area (Å²) in [5, 5.41) is 0.834. The Bertz CT molecular complexity index is 352. The van der Waals surface area contributed by atoms with E-state index < -0.39 is 0 Å². The Hall–Kier alpha value is -1.01. The zero-order chi connectivity index (χ0) is 9.68. The molecule has 3 heteroatoms. The monoisotopic (exact) mass is 241 g/mol. The molecule has 0 unspecified atom stereocenters. The van der Waals surface area contributed by atoms with Gasteiger partial charge < -0.3 is 5.73 Å². The summed E-state index contributed by atoms with van der Waals surface area (Å²) in [5.41, 5.74) is 6.62. The van der Waals surface area contributed by atoms with E-state index in [1.165, 1.54) is 12.1 Å². The van der Waals surface area contributed by atoms with Crippen molar-refractivity contribution in [2.24, 2.45) is 0 Å². The summed E-state index contributed by atoms with van der Waals surface area (Å²) >= 11 is 3.26. The number of halogens is 2. The van der Waals surface area contributed by atoms with Gasteiger partial charge in [-0.15, -0.1) is 0 Å². The van der Waals surface area contributed by atoms with Gasteiger partial charge in [0.05, 0.1) is 5.69 Å². The van der Waals surface area contributed by atoms with E-state index in [1.54, 1.807) is 6.07 Å². The van der Waals surface area contributed by atoms with Gasteiger partial charge in [0.25, 0.3) is 0 Å². The molecule has 0 spiro atoms. The molecule has 0 aliphatic carbocycles. The van der Waals surface area contributed by atoms with Gasteiger partial charge in [-0.25, -0.2) is 4.39 Å². The van der Waals surface area contributed by atoms with Crippen molar-refractivity contribution in [3.05, 3.63) is 29.6 Å². The van der Waals surface area contributed by atoms with E-state index in [2.05, 4.69) is 27.8 Å². The lowest BCUT2D eigenvalue weighted by Gasteiger charge is -1.96. The predicted molar refractivity (Wildman–Crippen MR) is 56.1 cm³/mol. The van der Waals surface area contributed by atoms with Gasteiger partial charge in [0.2, 0.25) is 0 Å². The van der Waals surface area contributed by atoms with Crippen molar-refractivity contribution in [2.75, 3.05) is 11.1 Å². The topological polar surface area (TPSA) is 26.0 Å². The molecule has 1 aromatic rings. The molecule has 0 aromatic heterocycles. The van der Waals surface area contributed by atoms with Crippen LogP contribution in [-0.2, 0) is 0 Å². The van der Waals surface area contributed by atoms with Gasteiger partial charge in [0.15, 0.2) is 0 Å².